The van der Waals surface area contributed by atoms with E-state index in [1.807, 2.05) is 20.8 Å². The van der Waals surface area contributed by atoms with Crippen molar-refractivity contribution in [2.75, 3.05) is 27.1 Å². The molecule has 0 bridgehead atoms. The van der Waals surface area contributed by atoms with Gasteiger partial charge in [-0.25, -0.2) is 0 Å². The zero-order chi connectivity index (χ0) is 18.1. The molecule has 0 aliphatic rings. The van der Waals surface area contributed by atoms with Crippen molar-refractivity contribution in [2.24, 2.45) is 0 Å². The number of aromatic nitrogens is 2. The van der Waals surface area contributed by atoms with Crippen LogP contribution in [0, 0.1) is 0 Å². The number of carbonyl (C=O) groups is 1. The normalized spacial score (nSPS) is 11.2. The van der Waals surface area contributed by atoms with Gasteiger partial charge in [0.25, 0.3) is 5.91 Å². The molecule has 7 heteroatoms. The minimum atomic E-state index is -0.402. The van der Waals surface area contributed by atoms with E-state index < -0.39 is 5.91 Å². The van der Waals surface area contributed by atoms with E-state index in [1.165, 1.54) is 26.0 Å². The lowest BCUT2D eigenvalue weighted by molar-refractivity contribution is 0.0943. The summed E-state index contributed by atoms with van der Waals surface area (Å²) in [7, 11) is 4.45. The highest BCUT2D eigenvalue weighted by molar-refractivity contribution is 6.00. The van der Waals surface area contributed by atoms with Crippen molar-refractivity contribution in [3.8, 4) is 17.2 Å². The monoisotopic (exact) mass is 333 g/mol. The topological polar surface area (TPSA) is 88.6 Å². The molecule has 0 radical (unpaired) electrons. The van der Waals surface area contributed by atoms with Crippen LogP contribution in [0.1, 0.15) is 36.8 Å². The van der Waals surface area contributed by atoms with E-state index in [0.717, 1.165) is 5.69 Å². The minimum Gasteiger partial charge on any atom is -0.493 e. The number of benzene rings is 1. The maximum absolute atomic E-state index is 12.9. The molecule has 2 N–H and O–H groups in total. The van der Waals surface area contributed by atoms with E-state index in [2.05, 4.69) is 5.10 Å². The number of hydrogen-bond acceptors (Lipinski definition) is 6. The van der Waals surface area contributed by atoms with Gasteiger partial charge in [-0.1, -0.05) is 20.8 Å². The molecule has 24 heavy (non-hydrogen) atoms. The molecule has 7 nitrogen and oxygen atoms in total. The molecule has 1 aromatic carbocycles. The summed E-state index contributed by atoms with van der Waals surface area (Å²) in [5, 5.41) is 4.35. The standard InChI is InChI=1S/C17H23N3O4/c1-17(2,3)12-9-13(18)20(19-12)16(21)10-7-8-11(22-4)15(24-6)14(10)23-5/h7-9H,18H2,1-6H3. The van der Waals surface area contributed by atoms with Gasteiger partial charge in [0.2, 0.25) is 5.75 Å². The number of methoxy groups -OCH3 is 3. The summed E-state index contributed by atoms with van der Waals surface area (Å²) in [6, 6.07) is 4.94. The van der Waals surface area contributed by atoms with Crippen LogP contribution in [0.15, 0.2) is 18.2 Å². The van der Waals surface area contributed by atoms with Gasteiger partial charge >= 0.3 is 0 Å². The van der Waals surface area contributed by atoms with E-state index in [-0.39, 0.29) is 22.5 Å². The van der Waals surface area contributed by atoms with E-state index >= 15 is 0 Å². The van der Waals surface area contributed by atoms with Gasteiger partial charge in [0, 0.05) is 11.5 Å². The quantitative estimate of drug-likeness (QED) is 0.924. The van der Waals surface area contributed by atoms with Crippen molar-refractivity contribution in [3.63, 3.8) is 0 Å². The second-order valence-electron chi connectivity index (χ2n) is 6.30. The molecule has 0 atom stereocenters. The van der Waals surface area contributed by atoms with Gasteiger partial charge in [-0.15, -0.1) is 0 Å². The summed E-state index contributed by atoms with van der Waals surface area (Å²) in [4.78, 5) is 12.9. The molecular formula is C17H23N3O4. The Balaban J connectivity index is 2.57. The first kappa shape index (κ1) is 17.7. The Hall–Kier alpha value is -2.70. The van der Waals surface area contributed by atoms with Crippen LogP contribution < -0.4 is 19.9 Å². The second kappa shape index (κ2) is 6.43. The van der Waals surface area contributed by atoms with Crippen LogP contribution >= 0.6 is 0 Å². The summed E-state index contributed by atoms with van der Waals surface area (Å²) in [6.07, 6.45) is 0. The molecule has 0 amide bonds. The predicted molar refractivity (Wildman–Crippen MR) is 91.2 cm³/mol. The lowest BCUT2D eigenvalue weighted by Crippen LogP contribution is -2.19. The molecule has 0 saturated carbocycles. The molecule has 1 heterocycles. The van der Waals surface area contributed by atoms with E-state index in [1.54, 1.807) is 18.2 Å². The van der Waals surface area contributed by atoms with Gasteiger partial charge in [0.15, 0.2) is 11.5 Å². The number of carbonyl (C=O) groups excluding carboxylic acids is 1. The fourth-order valence-corrected chi connectivity index (χ4v) is 2.31. The maximum atomic E-state index is 12.9. The summed E-state index contributed by atoms with van der Waals surface area (Å²) >= 11 is 0. The van der Waals surface area contributed by atoms with Gasteiger partial charge in [-0.2, -0.15) is 9.78 Å². The van der Waals surface area contributed by atoms with Crippen molar-refractivity contribution in [3.05, 3.63) is 29.5 Å². The number of nitrogens with two attached hydrogens (primary N) is 1. The van der Waals surface area contributed by atoms with E-state index in [0.29, 0.717) is 11.5 Å². The Morgan fingerprint density at radius 1 is 1.08 bits per heavy atom. The molecule has 0 spiro atoms. The number of ether oxygens (including phenoxy) is 3. The zero-order valence-electron chi connectivity index (χ0n) is 14.8. The average Bonchev–Trinajstić information content (AvgIpc) is 2.94. The lowest BCUT2D eigenvalue weighted by Gasteiger charge is -2.16. The van der Waals surface area contributed by atoms with E-state index in [4.69, 9.17) is 19.9 Å². The van der Waals surface area contributed by atoms with Gasteiger partial charge in [-0.3, -0.25) is 4.79 Å². The third kappa shape index (κ3) is 3.02. The smallest absolute Gasteiger partial charge is 0.283 e. The first-order valence-electron chi connectivity index (χ1n) is 7.44. The van der Waals surface area contributed by atoms with Crippen LogP contribution in [0.5, 0.6) is 17.2 Å². The molecule has 0 fully saturated rings. The van der Waals surface area contributed by atoms with Gasteiger partial charge in [-0.05, 0) is 12.1 Å². The third-order valence-corrected chi connectivity index (χ3v) is 3.63. The summed E-state index contributed by atoms with van der Waals surface area (Å²) in [6.45, 7) is 6.00. The van der Waals surface area contributed by atoms with Crippen molar-refractivity contribution in [2.45, 2.75) is 26.2 Å². The van der Waals surface area contributed by atoms with Crippen LogP contribution in [0.25, 0.3) is 0 Å². The summed E-state index contributed by atoms with van der Waals surface area (Å²) < 4.78 is 17.1. The fourth-order valence-electron chi connectivity index (χ4n) is 2.31. The molecule has 0 unspecified atom stereocenters. The highest BCUT2D eigenvalue weighted by Crippen LogP contribution is 2.40. The number of anilines is 1. The molecule has 2 aromatic rings. The van der Waals surface area contributed by atoms with Crippen LogP contribution in [-0.2, 0) is 5.41 Å². The second-order valence-corrected chi connectivity index (χ2v) is 6.30. The molecule has 2 rings (SSSR count). The Kier molecular flexibility index (Phi) is 4.73. The number of hydrogen-bond donors (Lipinski definition) is 1. The number of rotatable bonds is 4. The maximum Gasteiger partial charge on any atom is 0.283 e. The molecular weight excluding hydrogens is 310 g/mol. The summed E-state index contributed by atoms with van der Waals surface area (Å²) in [5.74, 6) is 0.943. The molecule has 0 aliphatic heterocycles. The van der Waals surface area contributed by atoms with Crippen LogP contribution in [0.3, 0.4) is 0 Å². The predicted octanol–water partition coefficient (Wildman–Crippen LogP) is 2.48. The highest BCUT2D eigenvalue weighted by atomic mass is 16.5. The van der Waals surface area contributed by atoms with Gasteiger partial charge in [0.1, 0.15) is 5.82 Å². The number of nitrogens with zero attached hydrogens (tertiary/aromatic N) is 2. The van der Waals surface area contributed by atoms with Crippen molar-refractivity contribution in [1.29, 1.82) is 0 Å². The first-order chi connectivity index (χ1) is 11.2. The van der Waals surface area contributed by atoms with Gasteiger partial charge in [0.05, 0.1) is 32.6 Å². The van der Waals surface area contributed by atoms with Gasteiger partial charge < -0.3 is 19.9 Å². The van der Waals surface area contributed by atoms with Crippen molar-refractivity contribution in [1.82, 2.24) is 9.78 Å². The zero-order valence-corrected chi connectivity index (χ0v) is 14.8. The van der Waals surface area contributed by atoms with Crippen molar-refractivity contribution < 1.29 is 19.0 Å². The Morgan fingerprint density at radius 2 is 1.71 bits per heavy atom. The Labute approximate surface area is 141 Å². The molecule has 0 aliphatic carbocycles. The minimum absolute atomic E-state index is 0.221. The van der Waals surface area contributed by atoms with Crippen LogP contribution in [0.4, 0.5) is 5.82 Å². The fraction of sp³-hybridized carbons (Fsp3) is 0.412. The lowest BCUT2D eigenvalue weighted by atomic mass is 9.92. The van der Waals surface area contributed by atoms with Crippen LogP contribution in [-0.4, -0.2) is 37.0 Å². The summed E-state index contributed by atoms with van der Waals surface area (Å²) in [5.41, 5.74) is 6.77. The SMILES string of the molecule is COc1ccc(C(=O)n2nc(C(C)(C)C)cc2N)c(OC)c1OC. The van der Waals surface area contributed by atoms with E-state index in [9.17, 15) is 4.79 Å². The highest BCUT2D eigenvalue weighted by Gasteiger charge is 2.26. The third-order valence-electron chi connectivity index (χ3n) is 3.63. The van der Waals surface area contributed by atoms with Crippen molar-refractivity contribution >= 4 is 11.7 Å². The van der Waals surface area contributed by atoms with Crippen LogP contribution in [0.2, 0.25) is 0 Å². The molecule has 1 aromatic heterocycles. The Morgan fingerprint density at radius 3 is 2.17 bits per heavy atom. The molecule has 130 valence electrons. The average molecular weight is 333 g/mol. The Bertz CT molecular complexity index is 760. The largest absolute Gasteiger partial charge is 0.493 e. The first-order valence-corrected chi connectivity index (χ1v) is 7.44. The number of nitrogen functional groups attached to an aromatic ring is 1. The molecule has 0 saturated heterocycles.